The third-order valence-corrected chi connectivity index (χ3v) is 11.3. The van der Waals surface area contributed by atoms with E-state index in [1.54, 1.807) is 12.1 Å². The summed E-state index contributed by atoms with van der Waals surface area (Å²) in [5.74, 6) is 2.92. The number of nitrogens with zero attached hydrogens (tertiary/aromatic N) is 5. The van der Waals surface area contributed by atoms with Crippen LogP contribution in [0.3, 0.4) is 0 Å². The summed E-state index contributed by atoms with van der Waals surface area (Å²) >= 11 is 0. The molecule has 0 amide bonds. The summed E-state index contributed by atoms with van der Waals surface area (Å²) in [7, 11) is 0. The third-order valence-electron chi connectivity index (χ3n) is 11.3. The van der Waals surface area contributed by atoms with Crippen LogP contribution in [0.2, 0.25) is 0 Å². The molecule has 11 heteroatoms. The first-order chi connectivity index (χ1) is 22.9. The Labute approximate surface area is 271 Å². The predicted molar refractivity (Wildman–Crippen MR) is 173 cm³/mol. The molecule has 1 aliphatic carbocycles. The minimum absolute atomic E-state index is 0.00219. The van der Waals surface area contributed by atoms with E-state index < -0.39 is 5.82 Å². The van der Waals surface area contributed by atoms with Crippen molar-refractivity contribution < 1.29 is 23.7 Å². The molecule has 5 fully saturated rings. The van der Waals surface area contributed by atoms with Crippen molar-refractivity contribution in [1.82, 2.24) is 25.2 Å². The molecule has 5 aliphatic heterocycles. The Morgan fingerprint density at radius 2 is 2.04 bits per heavy atom. The molecular formula is C36H35FN6O4. The number of benzene rings is 2. The van der Waals surface area contributed by atoms with Crippen molar-refractivity contribution in [2.75, 3.05) is 44.4 Å². The van der Waals surface area contributed by atoms with Gasteiger partial charge >= 0.3 is 6.01 Å². The average molecular weight is 635 g/mol. The molecule has 4 saturated heterocycles. The zero-order valence-electron chi connectivity index (χ0n) is 25.9. The van der Waals surface area contributed by atoms with Crippen LogP contribution in [0.1, 0.15) is 37.7 Å². The molecule has 0 spiro atoms. The van der Waals surface area contributed by atoms with Gasteiger partial charge in [-0.3, -0.25) is 4.90 Å². The van der Waals surface area contributed by atoms with E-state index in [0.717, 1.165) is 58.3 Å². The van der Waals surface area contributed by atoms with Crippen LogP contribution < -0.4 is 19.7 Å². The number of aromatic nitrogens is 3. The van der Waals surface area contributed by atoms with Crippen molar-refractivity contribution in [2.24, 2.45) is 5.41 Å². The highest BCUT2D eigenvalue weighted by Crippen LogP contribution is 2.49. The lowest BCUT2D eigenvalue weighted by Crippen LogP contribution is -2.60. The summed E-state index contributed by atoms with van der Waals surface area (Å²) in [6, 6.07) is 9.76. The number of rotatable bonds is 6. The molecule has 10 rings (SSSR count). The second kappa shape index (κ2) is 10.1. The summed E-state index contributed by atoms with van der Waals surface area (Å²) in [4.78, 5) is 19.3. The number of aromatic hydroxyl groups is 1. The normalized spacial score (nSPS) is 28.3. The second-order valence-corrected chi connectivity index (χ2v) is 14.3. The molecule has 240 valence electrons. The van der Waals surface area contributed by atoms with Gasteiger partial charge in [-0.05, 0) is 55.7 Å². The molecule has 7 heterocycles. The molecule has 47 heavy (non-hydrogen) atoms. The molecule has 2 aromatic heterocycles. The third kappa shape index (κ3) is 4.38. The molecule has 0 unspecified atom stereocenters. The maximum Gasteiger partial charge on any atom is 0.319 e. The number of morpholine rings is 1. The SMILES string of the molecule is C#Cc1cccc2cc(O)cc(-c3nc4c5c(nc(OCC6(CN7C[C@@H]8C[C@H]7CO8)CC6)nc5c3F)N3C[C@H]5CC[C@H](N5)[C@H]3CO4)c12. The van der Waals surface area contributed by atoms with Gasteiger partial charge in [0.1, 0.15) is 34.8 Å². The molecule has 2 N–H and O–H groups in total. The molecule has 1 saturated carbocycles. The van der Waals surface area contributed by atoms with Gasteiger partial charge in [0.05, 0.1) is 25.4 Å². The quantitative estimate of drug-likeness (QED) is 0.303. The monoisotopic (exact) mass is 634 g/mol. The summed E-state index contributed by atoms with van der Waals surface area (Å²) in [5, 5.41) is 16.2. The Balaban J connectivity index is 1.10. The highest BCUT2D eigenvalue weighted by atomic mass is 19.1. The van der Waals surface area contributed by atoms with Crippen molar-refractivity contribution in [1.29, 1.82) is 0 Å². The van der Waals surface area contributed by atoms with Gasteiger partial charge in [0.15, 0.2) is 5.82 Å². The van der Waals surface area contributed by atoms with Gasteiger partial charge in [-0.2, -0.15) is 9.97 Å². The summed E-state index contributed by atoms with van der Waals surface area (Å²) in [5.41, 5.74) is 1.08. The van der Waals surface area contributed by atoms with Crippen molar-refractivity contribution in [3.05, 3.63) is 41.7 Å². The van der Waals surface area contributed by atoms with E-state index in [0.29, 0.717) is 64.5 Å². The number of halogens is 1. The molecule has 2 aromatic carbocycles. The van der Waals surface area contributed by atoms with Crippen molar-refractivity contribution in [3.63, 3.8) is 0 Å². The van der Waals surface area contributed by atoms with E-state index >= 15 is 4.39 Å². The van der Waals surface area contributed by atoms with Crippen LogP contribution in [0.25, 0.3) is 32.9 Å². The van der Waals surface area contributed by atoms with Gasteiger partial charge < -0.3 is 29.5 Å². The van der Waals surface area contributed by atoms with E-state index in [2.05, 4.69) is 21.0 Å². The van der Waals surface area contributed by atoms with Crippen LogP contribution in [0, 0.1) is 23.6 Å². The van der Waals surface area contributed by atoms with E-state index in [4.69, 9.17) is 35.6 Å². The Bertz CT molecular complexity index is 2010. The Hall–Kier alpha value is -4.24. The summed E-state index contributed by atoms with van der Waals surface area (Å²) in [6.07, 6.45) is 11.6. The molecule has 6 aliphatic rings. The average Bonchev–Trinajstić information content (AvgIpc) is 3.34. The standard InChI is InChI=1S/C36H35FN6O4/c1-2-19-4-3-5-20-10-23(44)12-25(28(19)20)31-30(37)32-29-33(43-13-21-6-7-26(38-21)27(43)16-46-34(29)39-31)41-35(40-32)47-18-36(8-9-36)17-42-14-24-11-22(42)15-45-24/h1,3-5,10,12,21-22,24,26-27,38,44H,6-9,11,13-18H2/t21-,22+,24+,26+,27-/m1/s1. The minimum Gasteiger partial charge on any atom is -0.508 e. The van der Waals surface area contributed by atoms with E-state index in [9.17, 15) is 5.11 Å². The lowest BCUT2D eigenvalue weighted by molar-refractivity contribution is 0.0176. The second-order valence-electron chi connectivity index (χ2n) is 14.3. The molecule has 0 radical (unpaired) electrons. The minimum atomic E-state index is -0.634. The number of nitrogens with one attached hydrogen (secondary N) is 1. The van der Waals surface area contributed by atoms with Crippen LogP contribution in [0.4, 0.5) is 10.2 Å². The summed E-state index contributed by atoms with van der Waals surface area (Å²) in [6.45, 7) is 4.31. The van der Waals surface area contributed by atoms with Gasteiger partial charge in [-0.1, -0.05) is 18.1 Å². The fourth-order valence-electron chi connectivity index (χ4n) is 8.73. The van der Waals surface area contributed by atoms with Crippen molar-refractivity contribution in [3.8, 4) is 41.2 Å². The molecule has 10 nitrogen and oxygen atoms in total. The highest BCUT2D eigenvalue weighted by Gasteiger charge is 2.50. The zero-order valence-corrected chi connectivity index (χ0v) is 25.9. The first-order valence-electron chi connectivity index (χ1n) is 16.7. The lowest BCUT2D eigenvalue weighted by Gasteiger charge is -2.40. The van der Waals surface area contributed by atoms with Crippen LogP contribution in [0.15, 0.2) is 30.3 Å². The van der Waals surface area contributed by atoms with Crippen LogP contribution in [-0.4, -0.2) is 94.7 Å². The molecular weight excluding hydrogens is 599 g/mol. The number of fused-ring (bicyclic) bond motifs is 8. The van der Waals surface area contributed by atoms with Gasteiger partial charge in [-0.25, -0.2) is 9.37 Å². The van der Waals surface area contributed by atoms with Gasteiger partial charge in [0.25, 0.3) is 0 Å². The fraction of sp³-hybridized carbons (Fsp3) is 0.472. The molecule has 4 bridgehead atoms. The number of terminal acetylenes is 1. The smallest absolute Gasteiger partial charge is 0.319 e. The van der Waals surface area contributed by atoms with Gasteiger partial charge in [0.2, 0.25) is 5.88 Å². The topological polar surface area (TPSA) is 105 Å². The number of ether oxygens (including phenoxy) is 3. The predicted octanol–water partition coefficient (Wildman–Crippen LogP) is 4.00. The first-order valence-corrected chi connectivity index (χ1v) is 16.7. The highest BCUT2D eigenvalue weighted by molar-refractivity contribution is 6.04. The molecule has 4 aromatic rings. The Morgan fingerprint density at radius 1 is 1.13 bits per heavy atom. The maximum absolute atomic E-state index is 17.1. The number of phenols is 1. The van der Waals surface area contributed by atoms with Crippen molar-refractivity contribution in [2.45, 2.75) is 62.4 Å². The maximum atomic E-state index is 17.1. The zero-order chi connectivity index (χ0) is 31.4. The number of phenolic OH excluding ortho intramolecular Hbond substituents is 1. The van der Waals surface area contributed by atoms with E-state index in [1.165, 1.54) is 6.07 Å². The summed E-state index contributed by atoms with van der Waals surface area (Å²) < 4.78 is 35.7. The number of likely N-dealkylation sites (tertiary alicyclic amines) is 1. The number of pyridine rings is 1. The number of hydrogen-bond acceptors (Lipinski definition) is 10. The Kier molecular flexibility index (Phi) is 6.00. The van der Waals surface area contributed by atoms with E-state index in [1.807, 2.05) is 12.1 Å². The van der Waals surface area contributed by atoms with E-state index in [-0.39, 0.29) is 46.3 Å². The van der Waals surface area contributed by atoms with Crippen LogP contribution in [0.5, 0.6) is 17.6 Å². The first kappa shape index (κ1) is 27.8. The van der Waals surface area contributed by atoms with Crippen LogP contribution in [-0.2, 0) is 4.74 Å². The largest absolute Gasteiger partial charge is 0.508 e. The molecule has 5 atom stereocenters. The van der Waals surface area contributed by atoms with Gasteiger partial charge in [0, 0.05) is 59.7 Å². The Morgan fingerprint density at radius 3 is 2.85 bits per heavy atom. The van der Waals surface area contributed by atoms with Crippen LogP contribution >= 0.6 is 0 Å². The van der Waals surface area contributed by atoms with Crippen molar-refractivity contribution >= 4 is 27.5 Å². The number of piperazine rings is 1. The number of hydrogen-bond donors (Lipinski definition) is 2. The number of anilines is 1. The lowest BCUT2D eigenvalue weighted by atomic mass is 9.96. The fourth-order valence-corrected chi connectivity index (χ4v) is 8.73. The van der Waals surface area contributed by atoms with Gasteiger partial charge in [-0.15, -0.1) is 6.42 Å².